The molecule has 0 radical (unpaired) electrons. The number of hydrogen-bond donors (Lipinski definition) is 1. The number of benzene rings is 1. The Kier molecular flexibility index (Phi) is 6.01. The summed E-state index contributed by atoms with van der Waals surface area (Å²) in [5, 5.41) is 3.16. The third-order valence-corrected chi connectivity index (χ3v) is 4.74. The van der Waals surface area contributed by atoms with E-state index in [1.165, 1.54) is 37.7 Å². The fraction of sp³-hybridized carbons (Fsp3) is 0.632. The Balaban J connectivity index is 2.04. The molecule has 1 amide bonds. The minimum Gasteiger partial charge on any atom is -0.324 e. The molecule has 1 saturated heterocycles. The number of likely N-dealkylation sites (tertiary alicyclic amines) is 1. The van der Waals surface area contributed by atoms with Gasteiger partial charge in [0.2, 0.25) is 5.91 Å². The quantitative estimate of drug-likeness (QED) is 0.907. The SMILES string of the molecule is Cc1cc(C)c(NC(=O)[C@@H](C)N2CCCCCCC2)c(C)c1. The van der Waals surface area contributed by atoms with Gasteiger partial charge in [-0.2, -0.15) is 0 Å². The number of aryl methyl sites for hydroxylation is 3. The predicted molar refractivity (Wildman–Crippen MR) is 93.4 cm³/mol. The number of hydrogen-bond acceptors (Lipinski definition) is 2. The molecule has 0 bridgehead atoms. The van der Waals surface area contributed by atoms with E-state index in [0.29, 0.717) is 0 Å². The Morgan fingerprint density at radius 2 is 1.50 bits per heavy atom. The molecule has 1 fully saturated rings. The first-order valence-electron chi connectivity index (χ1n) is 8.62. The van der Waals surface area contributed by atoms with Crippen LogP contribution in [0.5, 0.6) is 0 Å². The van der Waals surface area contributed by atoms with Crippen LogP contribution >= 0.6 is 0 Å². The molecule has 1 N–H and O–H groups in total. The highest BCUT2D eigenvalue weighted by Crippen LogP contribution is 2.22. The first kappa shape index (κ1) is 17.0. The number of carbonyl (C=O) groups is 1. The van der Waals surface area contributed by atoms with Gasteiger partial charge in [-0.15, -0.1) is 0 Å². The molecule has 1 aliphatic heterocycles. The molecule has 1 aliphatic rings. The molecule has 0 aromatic heterocycles. The molecule has 0 spiro atoms. The molecule has 3 heteroatoms. The van der Waals surface area contributed by atoms with Gasteiger partial charge in [0.25, 0.3) is 0 Å². The molecule has 1 heterocycles. The summed E-state index contributed by atoms with van der Waals surface area (Å²) < 4.78 is 0. The molecular formula is C19H30N2O. The van der Waals surface area contributed by atoms with Gasteiger partial charge in [-0.3, -0.25) is 9.69 Å². The Morgan fingerprint density at radius 1 is 1.00 bits per heavy atom. The molecule has 3 nitrogen and oxygen atoms in total. The Hall–Kier alpha value is -1.35. The fourth-order valence-electron chi connectivity index (χ4n) is 3.43. The van der Waals surface area contributed by atoms with Crippen LogP contribution in [0.3, 0.4) is 0 Å². The summed E-state index contributed by atoms with van der Waals surface area (Å²) in [5.41, 5.74) is 4.51. The lowest BCUT2D eigenvalue weighted by molar-refractivity contribution is -0.120. The Bertz CT molecular complexity index is 493. The van der Waals surface area contributed by atoms with Gasteiger partial charge in [-0.1, -0.05) is 37.0 Å². The summed E-state index contributed by atoms with van der Waals surface area (Å²) in [6.07, 6.45) is 6.35. The van der Waals surface area contributed by atoms with Gasteiger partial charge >= 0.3 is 0 Å². The summed E-state index contributed by atoms with van der Waals surface area (Å²) in [5.74, 6) is 0.121. The smallest absolute Gasteiger partial charge is 0.241 e. The molecular weight excluding hydrogens is 272 g/mol. The van der Waals surface area contributed by atoms with Gasteiger partial charge in [0, 0.05) is 5.69 Å². The molecule has 2 rings (SSSR count). The predicted octanol–water partition coefficient (Wildman–Crippen LogP) is 4.20. The average molecular weight is 302 g/mol. The van der Waals surface area contributed by atoms with Gasteiger partial charge in [0.05, 0.1) is 6.04 Å². The van der Waals surface area contributed by atoms with Crippen molar-refractivity contribution in [1.82, 2.24) is 4.90 Å². The van der Waals surface area contributed by atoms with Crippen LogP contribution in [-0.4, -0.2) is 29.9 Å². The fourth-order valence-corrected chi connectivity index (χ4v) is 3.43. The van der Waals surface area contributed by atoms with Crippen molar-refractivity contribution in [3.8, 4) is 0 Å². The third-order valence-electron chi connectivity index (χ3n) is 4.74. The molecule has 1 aromatic carbocycles. The van der Waals surface area contributed by atoms with Crippen molar-refractivity contribution in [3.05, 3.63) is 28.8 Å². The van der Waals surface area contributed by atoms with Gasteiger partial charge in [0.1, 0.15) is 0 Å². The maximum absolute atomic E-state index is 12.6. The van der Waals surface area contributed by atoms with Crippen molar-refractivity contribution in [1.29, 1.82) is 0 Å². The lowest BCUT2D eigenvalue weighted by Gasteiger charge is -2.30. The largest absolute Gasteiger partial charge is 0.324 e. The van der Waals surface area contributed by atoms with E-state index >= 15 is 0 Å². The molecule has 0 unspecified atom stereocenters. The van der Waals surface area contributed by atoms with Crippen molar-refractivity contribution in [3.63, 3.8) is 0 Å². The highest BCUT2D eigenvalue weighted by molar-refractivity contribution is 5.96. The van der Waals surface area contributed by atoms with Gasteiger partial charge in [-0.25, -0.2) is 0 Å². The highest BCUT2D eigenvalue weighted by atomic mass is 16.2. The summed E-state index contributed by atoms with van der Waals surface area (Å²) in [4.78, 5) is 15.0. The van der Waals surface area contributed by atoms with Gasteiger partial charge in [-0.05, 0) is 64.8 Å². The minimum atomic E-state index is -0.0572. The van der Waals surface area contributed by atoms with Crippen LogP contribution < -0.4 is 5.32 Å². The van der Waals surface area contributed by atoms with Crippen LogP contribution in [0.25, 0.3) is 0 Å². The molecule has 0 saturated carbocycles. The molecule has 1 aromatic rings. The van der Waals surface area contributed by atoms with Crippen molar-refractivity contribution < 1.29 is 4.79 Å². The van der Waals surface area contributed by atoms with E-state index in [2.05, 4.69) is 43.1 Å². The average Bonchev–Trinajstić information content (AvgIpc) is 2.41. The molecule has 0 aliphatic carbocycles. The number of nitrogens with one attached hydrogen (secondary N) is 1. The van der Waals surface area contributed by atoms with E-state index in [9.17, 15) is 4.79 Å². The lowest BCUT2D eigenvalue weighted by Crippen LogP contribution is -2.43. The minimum absolute atomic E-state index is 0.0572. The number of amides is 1. The summed E-state index contributed by atoms with van der Waals surface area (Å²) in [6, 6.07) is 4.20. The van der Waals surface area contributed by atoms with Gasteiger partial charge < -0.3 is 5.32 Å². The van der Waals surface area contributed by atoms with Crippen molar-refractivity contribution in [2.75, 3.05) is 18.4 Å². The maximum atomic E-state index is 12.6. The molecule has 22 heavy (non-hydrogen) atoms. The second-order valence-corrected chi connectivity index (χ2v) is 6.74. The first-order chi connectivity index (χ1) is 10.5. The Morgan fingerprint density at radius 3 is 2.05 bits per heavy atom. The van der Waals surface area contributed by atoms with E-state index in [4.69, 9.17) is 0 Å². The van der Waals surface area contributed by atoms with E-state index in [1.807, 2.05) is 6.92 Å². The number of nitrogens with zero attached hydrogens (tertiary/aromatic N) is 1. The van der Waals surface area contributed by atoms with Crippen LogP contribution in [0.2, 0.25) is 0 Å². The maximum Gasteiger partial charge on any atom is 0.241 e. The van der Waals surface area contributed by atoms with Crippen LogP contribution in [0, 0.1) is 20.8 Å². The number of anilines is 1. The second kappa shape index (κ2) is 7.77. The lowest BCUT2D eigenvalue weighted by atomic mass is 10.0. The van der Waals surface area contributed by atoms with Crippen LogP contribution in [0.4, 0.5) is 5.69 Å². The van der Waals surface area contributed by atoms with E-state index in [1.54, 1.807) is 0 Å². The zero-order chi connectivity index (χ0) is 16.1. The first-order valence-corrected chi connectivity index (χ1v) is 8.62. The van der Waals surface area contributed by atoms with Crippen LogP contribution in [0.1, 0.15) is 55.7 Å². The zero-order valence-corrected chi connectivity index (χ0v) is 14.5. The van der Waals surface area contributed by atoms with Crippen LogP contribution in [-0.2, 0) is 4.79 Å². The summed E-state index contributed by atoms with van der Waals surface area (Å²) >= 11 is 0. The standard InChI is InChI=1S/C19H30N2O/c1-14-12-15(2)18(16(3)13-14)20-19(22)17(4)21-10-8-6-5-7-9-11-21/h12-13,17H,5-11H2,1-4H3,(H,20,22)/t17-/m1/s1. The Labute approximate surface area is 135 Å². The molecule has 1 atom stereocenters. The van der Waals surface area contributed by atoms with Crippen molar-refractivity contribution >= 4 is 11.6 Å². The van der Waals surface area contributed by atoms with Crippen LogP contribution in [0.15, 0.2) is 12.1 Å². The van der Waals surface area contributed by atoms with E-state index in [-0.39, 0.29) is 11.9 Å². The monoisotopic (exact) mass is 302 g/mol. The zero-order valence-electron chi connectivity index (χ0n) is 14.5. The topological polar surface area (TPSA) is 32.3 Å². The third kappa shape index (κ3) is 4.33. The number of rotatable bonds is 3. The van der Waals surface area contributed by atoms with Crippen molar-refractivity contribution in [2.45, 2.75) is 65.8 Å². The van der Waals surface area contributed by atoms with E-state index < -0.39 is 0 Å². The van der Waals surface area contributed by atoms with E-state index in [0.717, 1.165) is 29.9 Å². The molecule has 122 valence electrons. The highest BCUT2D eigenvalue weighted by Gasteiger charge is 2.22. The normalized spacial score (nSPS) is 18.4. The van der Waals surface area contributed by atoms with Gasteiger partial charge in [0.15, 0.2) is 0 Å². The number of carbonyl (C=O) groups excluding carboxylic acids is 1. The summed E-state index contributed by atoms with van der Waals surface area (Å²) in [6.45, 7) is 10.3. The summed E-state index contributed by atoms with van der Waals surface area (Å²) in [7, 11) is 0. The second-order valence-electron chi connectivity index (χ2n) is 6.74. The van der Waals surface area contributed by atoms with Crippen molar-refractivity contribution in [2.24, 2.45) is 0 Å².